The van der Waals surface area contributed by atoms with E-state index in [0.29, 0.717) is 25.8 Å². The van der Waals surface area contributed by atoms with Gasteiger partial charge >= 0.3 is 5.97 Å². The molecule has 1 aliphatic carbocycles. The molecule has 1 amide bonds. The SMILES string of the molecule is CCNC(=O)CN(CC)S(=O)(=O)C1CCCC1C(=O)OC. The van der Waals surface area contributed by atoms with Crippen LogP contribution in [-0.2, 0) is 24.3 Å². The summed E-state index contributed by atoms with van der Waals surface area (Å²) in [5.74, 6) is -1.46. The minimum absolute atomic E-state index is 0.198. The predicted octanol–water partition coefficient (Wildman–Crippen LogP) is 0.116. The first kappa shape index (κ1) is 17.9. The first-order valence-electron chi connectivity index (χ1n) is 7.21. The van der Waals surface area contributed by atoms with Crippen LogP contribution < -0.4 is 5.32 Å². The van der Waals surface area contributed by atoms with E-state index in [0.717, 1.165) is 4.31 Å². The quantitative estimate of drug-likeness (QED) is 0.672. The maximum atomic E-state index is 12.7. The van der Waals surface area contributed by atoms with Gasteiger partial charge in [0, 0.05) is 13.1 Å². The topological polar surface area (TPSA) is 92.8 Å². The second-order valence-corrected chi connectivity index (χ2v) is 7.18. The van der Waals surface area contributed by atoms with E-state index in [2.05, 4.69) is 5.32 Å². The van der Waals surface area contributed by atoms with Crippen LogP contribution in [0.4, 0.5) is 0 Å². The van der Waals surface area contributed by atoms with Crippen LogP contribution in [0.25, 0.3) is 0 Å². The Kier molecular flexibility index (Phi) is 6.60. The highest BCUT2D eigenvalue weighted by Crippen LogP contribution is 2.33. The summed E-state index contributed by atoms with van der Waals surface area (Å²) in [4.78, 5) is 23.4. The van der Waals surface area contributed by atoms with E-state index in [1.807, 2.05) is 0 Å². The summed E-state index contributed by atoms with van der Waals surface area (Å²) < 4.78 is 31.2. The van der Waals surface area contributed by atoms with Crippen molar-refractivity contribution in [2.45, 2.75) is 38.4 Å². The third kappa shape index (κ3) is 4.16. The Labute approximate surface area is 126 Å². The van der Waals surface area contributed by atoms with Gasteiger partial charge in [0.25, 0.3) is 0 Å². The highest BCUT2D eigenvalue weighted by Gasteiger charge is 2.44. The second kappa shape index (κ2) is 7.74. The van der Waals surface area contributed by atoms with Gasteiger partial charge in [-0.2, -0.15) is 4.31 Å². The fraction of sp³-hybridized carbons (Fsp3) is 0.846. The van der Waals surface area contributed by atoms with Crippen LogP contribution in [0.2, 0.25) is 0 Å². The van der Waals surface area contributed by atoms with Gasteiger partial charge in [0.2, 0.25) is 15.9 Å². The fourth-order valence-corrected chi connectivity index (χ4v) is 4.86. The predicted molar refractivity (Wildman–Crippen MR) is 78.0 cm³/mol. The Morgan fingerprint density at radius 1 is 1.29 bits per heavy atom. The number of likely N-dealkylation sites (N-methyl/N-ethyl adjacent to an activating group) is 2. The molecule has 1 fully saturated rings. The number of esters is 1. The lowest BCUT2D eigenvalue weighted by atomic mass is 10.1. The summed E-state index contributed by atoms with van der Waals surface area (Å²) in [5, 5.41) is 1.79. The first-order chi connectivity index (χ1) is 9.88. The number of ether oxygens (including phenoxy) is 1. The van der Waals surface area contributed by atoms with E-state index in [1.165, 1.54) is 7.11 Å². The molecule has 0 aromatic carbocycles. The van der Waals surface area contributed by atoms with Crippen LogP contribution in [0, 0.1) is 5.92 Å². The first-order valence-corrected chi connectivity index (χ1v) is 8.72. The summed E-state index contributed by atoms with van der Waals surface area (Å²) in [6, 6.07) is 0. The van der Waals surface area contributed by atoms with Gasteiger partial charge in [-0.3, -0.25) is 9.59 Å². The van der Waals surface area contributed by atoms with Gasteiger partial charge < -0.3 is 10.1 Å². The Hall–Kier alpha value is -1.15. The molecule has 0 aromatic rings. The normalized spacial score (nSPS) is 22.3. The summed E-state index contributed by atoms with van der Waals surface area (Å²) >= 11 is 0. The molecule has 1 saturated carbocycles. The van der Waals surface area contributed by atoms with Crippen molar-refractivity contribution in [2.75, 3.05) is 26.7 Å². The van der Waals surface area contributed by atoms with Gasteiger partial charge in [-0.15, -0.1) is 0 Å². The number of carbonyl (C=O) groups excluding carboxylic acids is 2. The van der Waals surface area contributed by atoms with Gasteiger partial charge in [0.05, 0.1) is 24.8 Å². The largest absolute Gasteiger partial charge is 0.469 e. The van der Waals surface area contributed by atoms with E-state index >= 15 is 0 Å². The standard InChI is InChI=1S/C13H24N2O5S/c1-4-14-12(16)9-15(5-2)21(18,19)11-8-6-7-10(11)13(17)20-3/h10-11H,4-9H2,1-3H3,(H,14,16). The van der Waals surface area contributed by atoms with Crippen molar-refractivity contribution >= 4 is 21.9 Å². The Balaban J connectivity index is 2.90. The smallest absolute Gasteiger partial charge is 0.310 e. The number of amides is 1. The summed E-state index contributed by atoms with van der Waals surface area (Å²) in [5.41, 5.74) is 0. The average Bonchev–Trinajstić information content (AvgIpc) is 2.94. The number of carbonyl (C=O) groups is 2. The van der Waals surface area contributed by atoms with Crippen molar-refractivity contribution < 1.29 is 22.7 Å². The molecule has 1 N–H and O–H groups in total. The molecule has 7 nitrogen and oxygen atoms in total. The molecule has 1 aliphatic rings. The molecule has 21 heavy (non-hydrogen) atoms. The van der Waals surface area contributed by atoms with Crippen molar-refractivity contribution in [1.29, 1.82) is 0 Å². The van der Waals surface area contributed by atoms with Crippen molar-refractivity contribution in [3.63, 3.8) is 0 Å². The van der Waals surface area contributed by atoms with Crippen LogP contribution >= 0.6 is 0 Å². The van der Waals surface area contributed by atoms with Gasteiger partial charge in [0.1, 0.15) is 0 Å². The monoisotopic (exact) mass is 320 g/mol. The lowest BCUT2D eigenvalue weighted by molar-refractivity contribution is -0.145. The molecule has 2 unspecified atom stereocenters. The maximum Gasteiger partial charge on any atom is 0.310 e. The van der Waals surface area contributed by atoms with Gasteiger partial charge in [-0.1, -0.05) is 13.3 Å². The van der Waals surface area contributed by atoms with Crippen LogP contribution in [0.1, 0.15) is 33.1 Å². The number of nitrogens with zero attached hydrogens (tertiary/aromatic N) is 1. The van der Waals surface area contributed by atoms with Crippen molar-refractivity contribution in [1.82, 2.24) is 9.62 Å². The second-order valence-electron chi connectivity index (χ2n) is 5.02. The molecule has 8 heteroatoms. The molecular formula is C13H24N2O5S. The zero-order valence-electron chi connectivity index (χ0n) is 12.8. The van der Waals surface area contributed by atoms with Crippen LogP contribution in [-0.4, -0.2) is 56.6 Å². The van der Waals surface area contributed by atoms with E-state index in [4.69, 9.17) is 4.74 Å². The lowest BCUT2D eigenvalue weighted by Crippen LogP contribution is -2.46. The summed E-state index contributed by atoms with van der Waals surface area (Å²) in [7, 11) is -2.44. The highest BCUT2D eigenvalue weighted by atomic mass is 32.2. The van der Waals surface area contributed by atoms with E-state index in [-0.39, 0.29) is 19.0 Å². The summed E-state index contributed by atoms with van der Waals surface area (Å²) in [6.07, 6.45) is 1.60. The van der Waals surface area contributed by atoms with Gasteiger partial charge in [-0.25, -0.2) is 8.42 Å². The molecule has 1 rings (SSSR count). The molecule has 0 spiro atoms. The van der Waals surface area contributed by atoms with Crippen molar-refractivity contribution in [2.24, 2.45) is 5.92 Å². The zero-order valence-corrected chi connectivity index (χ0v) is 13.6. The van der Waals surface area contributed by atoms with E-state index < -0.39 is 27.2 Å². The number of nitrogens with one attached hydrogen (secondary N) is 1. The Bertz CT molecular complexity index is 477. The minimum atomic E-state index is -3.70. The highest BCUT2D eigenvalue weighted by molar-refractivity contribution is 7.89. The number of rotatable bonds is 7. The maximum absolute atomic E-state index is 12.7. The molecule has 0 radical (unpaired) electrons. The molecule has 122 valence electrons. The molecule has 0 saturated heterocycles. The van der Waals surface area contributed by atoms with Crippen molar-refractivity contribution in [3.05, 3.63) is 0 Å². The molecule has 0 bridgehead atoms. The number of hydrogen-bond donors (Lipinski definition) is 1. The number of sulfonamides is 1. The summed E-state index contributed by atoms with van der Waals surface area (Å²) in [6.45, 7) is 3.89. The molecule has 0 aliphatic heterocycles. The number of methoxy groups -OCH3 is 1. The Morgan fingerprint density at radius 2 is 1.95 bits per heavy atom. The fourth-order valence-electron chi connectivity index (χ4n) is 2.69. The van der Waals surface area contributed by atoms with Crippen LogP contribution in [0.5, 0.6) is 0 Å². The Morgan fingerprint density at radius 3 is 2.48 bits per heavy atom. The van der Waals surface area contributed by atoms with Gasteiger partial charge in [0.15, 0.2) is 0 Å². The molecule has 0 heterocycles. The molecular weight excluding hydrogens is 296 g/mol. The lowest BCUT2D eigenvalue weighted by Gasteiger charge is -2.26. The van der Waals surface area contributed by atoms with Crippen LogP contribution in [0.3, 0.4) is 0 Å². The van der Waals surface area contributed by atoms with E-state index in [1.54, 1.807) is 13.8 Å². The zero-order chi connectivity index (χ0) is 16.0. The molecule has 2 atom stereocenters. The van der Waals surface area contributed by atoms with Gasteiger partial charge in [-0.05, 0) is 19.8 Å². The third-order valence-corrected chi connectivity index (χ3v) is 6.18. The molecule has 0 aromatic heterocycles. The third-order valence-electron chi connectivity index (χ3n) is 3.75. The van der Waals surface area contributed by atoms with Crippen LogP contribution in [0.15, 0.2) is 0 Å². The average molecular weight is 320 g/mol. The minimum Gasteiger partial charge on any atom is -0.469 e. The number of hydrogen-bond acceptors (Lipinski definition) is 5. The van der Waals surface area contributed by atoms with E-state index in [9.17, 15) is 18.0 Å². The van der Waals surface area contributed by atoms with Crippen molar-refractivity contribution in [3.8, 4) is 0 Å².